The van der Waals surface area contributed by atoms with Gasteiger partial charge in [-0.05, 0) is 17.5 Å². The lowest BCUT2D eigenvalue weighted by atomic mass is 9.98. The van der Waals surface area contributed by atoms with Crippen LogP contribution in [0.1, 0.15) is 31.4 Å². The van der Waals surface area contributed by atoms with Crippen LogP contribution in [0.5, 0.6) is 0 Å². The molecular weight excluding hydrogens is 160 g/mol. The van der Waals surface area contributed by atoms with Crippen molar-refractivity contribution >= 4 is 0 Å². The molecule has 0 atom stereocenters. The first-order valence-electron chi connectivity index (χ1n) is 4.80. The first-order chi connectivity index (χ1) is 6.27. The van der Waals surface area contributed by atoms with Crippen LogP contribution < -0.4 is 0 Å². The average molecular weight is 177 g/mol. The van der Waals surface area contributed by atoms with Crippen molar-refractivity contribution in [2.75, 3.05) is 6.61 Å². The Morgan fingerprint density at radius 2 is 2.15 bits per heavy atom. The van der Waals surface area contributed by atoms with E-state index < -0.39 is 0 Å². The monoisotopic (exact) mass is 177 g/mol. The van der Waals surface area contributed by atoms with Gasteiger partial charge in [-0.3, -0.25) is 0 Å². The van der Waals surface area contributed by atoms with Crippen LogP contribution in [0.4, 0.5) is 0 Å². The van der Waals surface area contributed by atoms with Crippen molar-refractivity contribution < 1.29 is 5.11 Å². The van der Waals surface area contributed by atoms with Crippen LogP contribution in [0, 0.1) is 5.92 Å². The summed E-state index contributed by atoms with van der Waals surface area (Å²) >= 11 is 0. The molecule has 1 aromatic rings. The highest BCUT2D eigenvalue weighted by Crippen LogP contribution is 2.15. The van der Waals surface area contributed by atoms with E-state index in [0.29, 0.717) is 0 Å². The summed E-state index contributed by atoms with van der Waals surface area (Å²) in [6.45, 7) is 4.29. The number of rotatable bonds is 4. The largest absolute Gasteiger partial charge is 0.395 e. The summed E-state index contributed by atoms with van der Waals surface area (Å²) in [6.07, 6.45) is 2.29. The summed E-state index contributed by atoms with van der Waals surface area (Å²) in [5.41, 5.74) is 2.52. The third kappa shape index (κ3) is 2.85. The highest BCUT2D eigenvalue weighted by Gasteiger charge is 2.04. The van der Waals surface area contributed by atoms with E-state index in [0.717, 1.165) is 17.9 Å². The Morgan fingerprint density at radius 3 is 2.77 bits per heavy atom. The third-order valence-electron chi connectivity index (χ3n) is 2.20. The van der Waals surface area contributed by atoms with Gasteiger partial charge in [0, 0.05) is 5.92 Å². The van der Waals surface area contributed by atoms with Crippen molar-refractivity contribution in [3.63, 3.8) is 0 Å². The number of aliphatic hydroxyl groups excluding tert-OH is 1. The molecule has 0 aliphatic carbocycles. The standard InChI is InChI=1S/C12H17O/c1-3-5-11-6-4-7-12(8-11)10(2)9-13/h4,6-8,13H,3,5,9H2,1-2H3. The molecule has 0 unspecified atom stereocenters. The molecule has 0 saturated heterocycles. The lowest BCUT2D eigenvalue weighted by molar-refractivity contribution is 0.315. The molecule has 0 bridgehead atoms. The lowest BCUT2D eigenvalue weighted by Crippen LogP contribution is -2.00. The van der Waals surface area contributed by atoms with Gasteiger partial charge in [-0.15, -0.1) is 0 Å². The van der Waals surface area contributed by atoms with Crippen LogP contribution >= 0.6 is 0 Å². The van der Waals surface area contributed by atoms with Gasteiger partial charge in [-0.1, -0.05) is 44.5 Å². The van der Waals surface area contributed by atoms with E-state index in [2.05, 4.69) is 25.1 Å². The molecule has 1 nitrogen and oxygen atoms in total. The first-order valence-corrected chi connectivity index (χ1v) is 4.80. The zero-order chi connectivity index (χ0) is 9.68. The highest BCUT2D eigenvalue weighted by atomic mass is 16.3. The van der Waals surface area contributed by atoms with Gasteiger partial charge < -0.3 is 5.11 Å². The fraction of sp³-hybridized carbons (Fsp3) is 0.417. The maximum absolute atomic E-state index is 8.97. The van der Waals surface area contributed by atoms with Gasteiger partial charge in [0.05, 0.1) is 6.61 Å². The number of benzene rings is 1. The van der Waals surface area contributed by atoms with Crippen molar-refractivity contribution in [2.24, 2.45) is 0 Å². The third-order valence-corrected chi connectivity index (χ3v) is 2.20. The highest BCUT2D eigenvalue weighted by molar-refractivity contribution is 5.33. The molecule has 71 valence electrons. The van der Waals surface area contributed by atoms with Gasteiger partial charge in [0.1, 0.15) is 0 Å². The molecule has 1 rings (SSSR count). The van der Waals surface area contributed by atoms with Gasteiger partial charge in [-0.25, -0.2) is 0 Å². The van der Waals surface area contributed by atoms with E-state index >= 15 is 0 Å². The second kappa shape index (κ2) is 5.03. The van der Waals surface area contributed by atoms with E-state index in [1.165, 1.54) is 12.0 Å². The molecule has 1 N–H and O–H groups in total. The van der Waals surface area contributed by atoms with Crippen molar-refractivity contribution in [3.05, 3.63) is 41.3 Å². The maximum Gasteiger partial charge on any atom is 0.0534 e. The summed E-state index contributed by atoms with van der Waals surface area (Å²) in [4.78, 5) is 0. The second-order valence-electron chi connectivity index (χ2n) is 3.39. The smallest absolute Gasteiger partial charge is 0.0534 e. The minimum absolute atomic E-state index is 0.148. The van der Waals surface area contributed by atoms with E-state index in [4.69, 9.17) is 5.11 Å². The Morgan fingerprint density at radius 1 is 1.38 bits per heavy atom. The topological polar surface area (TPSA) is 20.2 Å². The molecule has 13 heavy (non-hydrogen) atoms. The fourth-order valence-corrected chi connectivity index (χ4v) is 1.37. The predicted molar refractivity (Wildman–Crippen MR) is 55.5 cm³/mol. The van der Waals surface area contributed by atoms with E-state index in [1.54, 1.807) is 0 Å². The summed E-state index contributed by atoms with van der Waals surface area (Å²) in [5, 5.41) is 8.97. The van der Waals surface area contributed by atoms with Crippen LogP contribution in [0.2, 0.25) is 0 Å². The Hall–Kier alpha value is -0.820. The summed E-state index contributed by atoms with van der Waals surface area (Å²) in [6, 6.07) is 8.40. The van der Waals surface area contributed by atoms with Gasteiger partial charge in [0.25, 0.3) is 0 Å². The maximum atomic E-state index is 8.97. The molecule has 1 heteroatoms. The molecule has 0 aliphatic heterocycles. The molecule has 1 aromatic carbocycles. The SMILES string of the molecule is CCCc1cccc([C](C)CO)c1. The molecule has 0 aromatic heterocycles. The zero-order valence-corrected chi connectivity index (χ0v) is 8.38. The van der Waals surface area contributed by atoms with Crippen LogP contribution in [-0.4, -0.2) is 11.7 Å². The molecule has 1 radical (unpaired) electrons. The van der Waals surface area contributed by atoms with Crippen LogP contribution in [0.15, 0.2) is 24.3 Å². The number of aliphatic hydroxyl groups is 1. The molecular formula is C12H17O. The lowest BCUT2D eigenvalue weighted by Gasteiger charge is -2.08. The fourth-order valence-electron chi connectivity index (χ4n) is 1.37. The number of aryl methyl sites for hydroxylation is 1. The van der Waals surface area contributed by atoms with Crippen molar-refractivity contribution in [1.29, 1.82) is 0 Å². The molecule has 0 fully saturated rings. The van der Waals surface area contributed by atoms with Gasteiger partial charge in [0.15, 0.2) is 0 Å². The zero-order valence-electron chi connectivity index (χ0n) is 8.38. The summed E-state index contributed by atoms with van der Waals surface area (Å²) in [7, 11) is 0. The minimum atomic E-state index is 0.148. The first kappa shape index (κ1) is 10.3. The molecule has 0 heterocycles. The molecule has 0 saturated carbocycles. The number of hydrogen-bond donors (Lipinski definition) is 1. The molecule has 0 amide bonds. The Balaban J connectivity index is 2.78. The van der Waals surface area contributed by atoms with Gasteiger partial charge in [0.2, 0.25) is 0 Å². The minimum Gasteiger partial charge on any atom is -0.395 e. The average Bonchev–Trinajstić information content (AvgIpc) is 2.18. The van der Waals surface area contributed by atoms with E-state index in [9.17, 15) is 0 Å². The van der Waals surface area contributed by atoms with Gasteiger partial charge >= 0.3 is 0 Å². The van der Waals surface area contributed by atoms with Crippen LogP contribution in [-0.2, 0) is 6.42 Å². The Bertz CT molecular complexity index is 255. The second-order valence-corrected chi connectivity index (χ2v) is 3.39. The number of hydrogen-bond acceptors (Lipinski definition) is 1. The van der Waals surface area contributed by atoms with Crippen molar-refractivity contribution in [2.45, 2.75) is 26.7 Å². The van der Waals surface area contributed by atoms with Crippen molar-refractivity contribution in [3.8, 4) is 0 Å². The van der Waals surface area contributed by atoms with E-state index in [-0.39, 0.29) is 6.61 Å². The Kier molecular flexibility index (Phi) is 3.97. The quantitative estimate of drug-likeness (QED) is 0.749. The van der Waals surface area contributed by atoms with E-state index in [1.807, 2.05) is 13.0 Å². The normalized spacial score (nSPS) is 10.8. The van der Waals surface area contributed by atoms with Crippen molar-refractivity contribution in [1.82, 2.24) is 0 Å². The molecule has 0 spiro atoms. The van der Waals surface area contributed by atoms with Crippen LogP contribution in [0.25, 0.3) is 0 Å². The van der Waals surface area contributed by atoms with Crippen LogP contribution in [0.3, 0.4) is 0 Å². The Labute approximate surface area is 80.4 Å². The van der Waals surface area contributed by atoms with Gasteiger partial charge in [-0.2, -0.15) is 0 Å². The predicted octanol–water partition coefficient (Wildman–Crippen LogP) is 2.57. The summed E-state index contributed by atoms with van der Waals surface area (Å²) < 4.78 is 0. The molecule has 0 aliphatic rings. The summed E-state index contributed by atoms with van der Waals surface area (Å²) in [5.74, 6) is 1.04.